The quantitative estimate of drug-likeness (QED) is 0.591. The molecule has 2 aromatic carbocycles. The van der Waals surface area contributed by atoms with Crippen LogP contribution in [0.3, 0.4) is 0 Å². The molecule has 2 N–H and O–H groups in total. The van der Waals surface area contributed by atoms with Crippen LogP contribution in [0.1, 0.15) is 21.9 Å². The number of carbonyl (C=O) groups excluding carboxylic acids is 1. The summed E-state index contributed by atoms with van der Waals surface area (Å²) in [5.41, 5.74) is 5.14. The molecule has 124 valence electrons. The molecular formula is C20H18N4O. The van der Waals surface area contributed by atoms with E-state index in [0.29, 0.717) is 5.69 Å². The molecule has 0 saturated carbocycles. The van der Waals surface area contributed by atoms with Gasteiger partial charge in [0.15, 0.2) is 5.69 Å². The Bertz CT molecular complexity index is 1060. The maximum atomic E-state index is 12.6. The van der Waals surface area contributed by atoms with Crippen LogP contribution in [0, 0.1) is 13.8 Å². The summed E-state index contributed by atoms with van der Waals surface area (Å²) in [5.74, 6) is -0.218. The number of amides is 1. The van der Waals surface area contributed by atoms with Crippen LogP contribution < -0.4 is 5.32 Å². The van der Waals surface area contributed by atoms with Crippen molar-refractivity contribution in [1.82, 2.24) is 14.8 Å². The van der Waals surface area contributed by atoms with E-state index in [2.05, 4.69) is 21.5 Å². The molecule has 0 saturated heterocycles. The second kappa shape index (κ2) is 5.94. The Morgan fingerprint density at radius 2 is 1.84 bits per heavy atom. The number of nitrogens with zero attached hydrogens (tertiary/aromatic N) is 2. The number of aromatic nitrogens is 3. The van der Waals surface area contributed by atoms with Gasteiger partial charge in [-0.1, -0.05) is 18.2 Å². The lowest BCUT2D eigenvalue weighted by Gasteiger charge is -2.04. The second-order valence-corrected chi connectivity index (χ2v) is 6.13. The molecule has 2 heterocycles. The van der Waals surface area contributed by atoms with E-state index >= 15 is 0 Å². The number of para-hydroxylation sites is 1. The highest BCUT2D eigenvalue weighted by Crippen LogP contribution is 2.20. The summed E-state index contributed by atoms with van der Waals surface area (Å²) in [5, 5.41) is 8.43. The number of nitrogens with one attached hydrogen (secondary N) is 2. The third-order valence-electron chi connectivity index (χ3n) is 4.13. The molecule has 0 aliphatic rings. The third kappa shape index (κ3) is 2.92. The molecule has 1 amide bonds. The second-order valence-electron chi connectivity index (χ2n) is 6.13. The molecule has 0 bridgehead atoms. The predicted octanol–water partition coefficient (Wildman–Crippen LogP) is 4.22. The molecule has 0 fully saturated rings. The molecule has 5 heteroatoms. The van der Waals surface area contributed by atoms with Gasteiger partial charge in [0, 0.05) is 28.0 Å². The fourth-order valence-electron chi connectivity index (χ4n) is 2.97. The minimum Gasteiger partial charge on any atom is -0.359 e. The average Bonchev–Trinajstić information content (AvgIpc) is 3.17. The molecule has 2 aromatic heterocycles. The van der Waals surface area contributed by atoms with E-state index in [-0.39, 0.29) is 5.91 Å². The van der Waals surface area contributed by atoms with E-state index < -0.39 is 0 Å². The number of hydrogen-bond donors (Lipinski definition) is 2. The highest BCUT2D eigenvalue weighted by Gasteiger charge is 2.14. The van der Waals surface area contributed by atoms with Crippen molar-refractivity contribution in [2.75, 3.05) is 5.32 Å². The summed E-state index contributed by atoms with van der Waals surface area (Å²) in [6, 6.07) is 19.4. The SMILES string of the molecule is Cc1cc2cc(NC(=O)c3cc(C)n(-c4ccccc4)n3)ccc2[nH]1. The maximum Gasteiger partial charge on any atom is 0.276 e. The first-order chi connectivity index (χ1) is 12.1. The number of fused-ring (bicyclic) bond motifs is 1. The van der Waals surface area contributed by atoms with E-state index in [0.717, 1.165) is 33.7 Å². The Labute approximate surface area is 145 Å². The molecule has 0 aliphatic heterocycles. The number of carbonyl (C=O) groups is 1. The van der Waals surface area contributed by atoms with Crippen LogP contribution in [0.25, 0.3) is 16.6 Å². The van der Waals surface area contributed by atoms with Gasteiger partial charge in [-0.25, -0.2) is 4.68 Å². The van der Waals surface area contributed by atoms with Crippen molar-refractivity contribution in [3.63, 3.8) is 0 Å². The zero-order chi connectivity index (χ0) is 17.4. The molecule has 0 aliphatic carbocycles. The minimum atomic E-state index is -0.218. The van der Waals surface area contributed by atoms with Crippen molar-refractivity contribution in [3.05, 3.63) is 77.7 Å². The molecule has 0 atom stereocenters. The molecule has 25 heavy (non-hydrogen) atoms. The van der Waals surface area contributed by atoms with E-state index in [1.54, 1.807) is 10.7 Å². The van der Waals surface area contributed by atoms with Gasteiger partial charge in [-0.3, -0.25) is 4.79 Å². The van der Waals surface area contributed by atoms with Crippen LogP contribution in [0.4, 0.5) is 5.69 Å². The summed E-state index contributed by atoms with van der Waals surface area (Å²) in [6.45, 7) is 3.95. The fraction of sp³-hybridized carbons (Fsp3) is 0.100. The van der Waals surface area contributed by atoms with Crippen molar-refractivity contribution in [2.24, 2.45) is 0 Å². The largest absolute Gasteiger partial charge is 0.359 e. The van der Waals surface area contributed by atoms with Crippen molar-refractivity contribution >= 4 is 22.5 Å². The van der Waals surface area contributed by atoms with Crippen molar-refractivity contribution in [1.29, 1.82) is 0 Å². The van der Waals surface area contributed by atoms with E-state index in [9.17, 15) is 4.79 Å². The van der Waals surface area contributed by atoms with E-state index in [1.165, 1.54) is 0 Å². The van der Waals surface area contributed by atoms with Gasteiger partial charge in [0.1, 0.15) is 0 Å². The summed E-state index contributed by atoms with van der Waals surface area (Å²) in [7, 11) is 0. The van der Waals surface area contributed by atoms with Crippen molar-refractivity contribution < 1.29 is 4.79 Å². The van der Waals surface area contributed by atoms with Gasteiger partial charge >= 0.3 is 0 Å². The van der Waals surface area contributed by atoms with Crippen molar-refractivity contribution in [3.8, 4) is 5.69 Å². The van der Waals surface area contributed by atoms with Gasteiger partial charge in [0.2, 0.25) is 0 Å². The van der Waals surface area contributed by atoms with Crippen LogP contribution >= 0.6 is 0 Å². The normalized spacial score (nSPS) is 11.0. The molecule has 0 radical (unpaired) electrons. The average molecular weight is 330 g/mol. The molecule has 0 spiro atoms. The Balaban J connectivity index is 1.60. The van der Waals surface area contributed by atoms with Gasteiger partial charge in [-0.15, -0.1) is 0 Å². The number of aryl methyl sites for hydroxylation is 2. The number of H-pyrrole nitrogens is 1. The zero-order valence-electron chi connectivity index (χ0n) is 14.1. The number of anilines is 1. The zero-order valence-corrected chi connectivity index (χ0v) is 14.1. The van der Waals surface area contributed by atoms with Crippen molar-refractivity contribution in [2.45, 2.75) is 13.8 Å². The third-order valence-corrected chi connectivity index (χ3v) is 4.13. The molecule has 0 unspecified atom stereocenters. The molecule has 4 aromatic rings. The lowest BCUT2D eigenvalue weighted by atomic mass is 10.2. The minimum absolute atomic E-state index is 0.218. The molecule has 5 nitrogen and oxygen atoms in total. The lowest BCUT2D eigenvalue weighted by Crippen LogP contribution is -2.13. The molecular weight excluding hydrogens is 312 g/mol. The molecule has 4 rings (SSSR count). The Morgan fingerprint density at radius 3 is 2.64 bits per heavy atom. The van der Waals surface area contributed by atoms with Crippen LogP contribution in [0.2, 0.25) is 0 Å². The topological polar surface area (TPSA) is 62.7 Å². The van der Waals surface area contributed by atoms with Crippen LogP contribution in [-0.4, -0.2) is 20.7 Å². The smallest absolute Gasteiger partial charge is 0.276 e. The van der Waals surface area contributed by atoms with Crippen LogP contribution in [-0.2, 0) is 0 Å². The summed E-state index contributed by atoms with van der Waals surface area (Å²) < 4.78 is 1.77. The first kappa shape index (κ1) is 15.2. The standard InChI is InChI=1S/C20H18N4O/c1-13-10-15-12-16(8-9-18(15)21-13)22-20(25)19-11-14(2)24(23-19)17-6-4-3-5-7-17/h3-12,21H,1-2H3,(H,22,25). The lowest BCUT2D eigenvalue weighted by molar-refractivity contribution is 0.102. The Hall–Kier alpha value is -3.34. The number of rotatable bonds is 3. The summed E-state index contributed by atoms with van der Waals surface area (Å²) in [6.07, 6.45) is 0. The first-order valence-electron chi connectivity index (χ1n) is 8.13. The van der Waals surface area contributed by atoms with Crippen LogP contribution in [0.5, 0.6) is 0 Å². The van der Waals surface area contributed by atoms with E-state index in [1.807, 2.05) is 62.4 Å². The van der Waals surface area contributed by atoms with Gasteiger partial charge in [0.25, 0.3) is 5.91 Å². The van der Waals surface area contributed by atoms with E-state index in [4.69, 9.17) is 0 Å². The Kier molecular flexibility index (Phi) is 3.61. The van der Waals surface area contributed by atoms with Gasteiger partial charge in [-0.2, -0.15) is 5.10 Å². The highest BCUT2D eigenvalue weighted by molar-refractivity contribution is 6.04. The number of hydrogen-bond acceptors (Lipinski definition) is 2. The van der Waals surface area contributed by atoms with Gasteiger partial charge < -0.3 is 10.3 Å². The maximum absolute atomic E-state index is 12.6. The monoisotopic (exact) mass is 330 g/mol. The first-order valence-corrected chi connectivity index (χ1v) is 8.13. The van der Waals surface area contributed by atoms with Crippen LogP contribution in [0.15, 0.2) is 60.7 Å². The fourth-order valence-corrected chi connectivity index (χ4v) is 2.97. The summed E-state index contributed by atoms with van der Waals surface area (Å²) in [4.78, 5) is 15.8. The van der Waals surface area contributed by atoms with Gasteiger partial charge in [0.05, 0.1) is 5.69 Å². The number of benzene rings is 2. The highest BCUT2D eigenvalue weighted by atomic mass is 16.1. The number of aromatic amines is 1. The van der Waals surface area contributed by atoms with Gasteiger partial charge in [-0.05, 0) is 56.3 Å². The summed E-state index contributed by atoms with van der Waals surface area (Å²) >= 11 is 0. The Morgan fingerprint density at radius 1 is 1.04 bits per heavy atom. The predicted molar refractivity (Wildman–Crippen MR) is 99.3 cm³/mol.